The number of nitrogens with one attached hydrogen (secondary N) is 2. The highest BCUT2D eigenvalue weighted by molar-refractivity contribution is 5.79. The Kier molecular flexibility index (Phi) is 7.66. The molecular weight excluding hydrogens is 340 g/mol. The van der Waals surface area contributed by atoms with Crippen LogP contribution >= 0.6 is 0 Å². The van der Waals surface area contributed by atoms with Crippen molar-refractivity contribution in [3.8, 4) is 5.75 Å². The lowest BCUT2D eigenvalue weighted by Gasteiger charge is -2.14. The number of hydrogen-bond acceptors (Lipinski definition) is 2. The molecule has 0 atom stereocenters. The normalized spacial score (nSPS) is 12.4. The van der Waals surface area contributed by atoms with Gasteiger partial charge in [0.2, 0.25) is 0 Å². The number of halogens is 6. The molecule has 24 heavy (non-hydrogen) atoms. The van der Waals surface area contributed by atoms with Gasteiger partial charge in [-0.15, -0.1) is 0 Å². The predicted octanol–water partition coefficient (Wildman–Crippen LogP) is 3.43. The third kappa shape index (κ3) is 7.42. The topological polar surface area (TPSA) is 45.7 Å². The van der Waals surface area contributed by atoms with Crippen molar-refractivity contribution >= 4 is 5.96 Å². The maximum atomic E-state index is 13.8. The monoisotopic (exact) mass is 357 g/mol. The molecule has 0 aliphatic carbocycles. The smallest absolute Gasteiger partial charge is 0.390 e. The summed E-state index contributed by atoms with van der Waals surface area (Å²) >= 11 is 0. The van der Waals surface area contributed by atoms with Gasteiger partial charge in [-0.2, -0.15) is 22.0 Å². The van der Waals surface area contributed by atoms with Gasteiger partial charge in [-0.3, -0.25) is 0 Å². The first-order chi connectivity index (χ1) is 11.2. The van der Waals surface area contributed by atoms with Gasteiger partial charge in [-0.05, 0) is 19.1 Å². The number of rotatable bonds is 7. The van der Waals surface area contributed by atoms with E-state index in [0.29, 0.717) is 6.54 Å². The SMILES string of the molecule is CCNC(=NCc1c(F)cccc1OC(F)F)NCCC(F)(F)F. The molecule has 0 spiro atoms. The van der Waals surface area contributed by atoms with E-state index in [0.717, 1.165) is 12.1 Å². The van der Waals surface area contributed by atoms with Crippen molar-refractivity contribution in [1.82, 2.24) is 10.6 Å². The van der Waals surface area contributed by atoms with Crippen LogP contribution in [-0.4, -0.2) is 31.8 Å². The van der Waals surface area contributed by atoms with Crippen LogP contribution in [0.15, 0.2) is 23.2 Å². The molecule has 136 valence electrons. The van der Waals surface area contributed by atoms with E-state index in [4.69, 9.17) is 0 Å². The molecule has 0 amide bonds. The first kappa shape index (κ1) is 19.9. The first-order valence-corrected chi connectivity index (χ1v) is 7.04. The zero-order valence-corrected chi connectivity index (χ0v) is 12.8. The minimum atomic E-state index is -4.33. The summed E-state index contributed by atoms with van der Waals surface area (Å²) in [4.78, 5) is 3.89. The highest BCUT2D eigenvalue weighted by atomic mass is 19.4. The molecule has 1 aromatic carbocycles. The molecule has 0 aromatic heterocycles. The standard InChI is InChI=1S/C14H17F6N3O/c1-2-21-13(22-7-6-14(18,19)20)23-8-9-10(15)4-3-5-11(9)24-12(16)17/h3-5,12H,2,6-8H2,1H3,(H2,21,22,23). The van der Waals surface area contributed by atoms with Crippen LogP contribution in [0.3, 0.4) is 0 Å². The maximum absolute atomic E-state index is 13.8. The summed E-state index contributed by atoms with van der Waals surface area (Å²) < 4.78 is 79.0. The van der Waals surface area contributed by atoms with Gasteiger partial charge in [0.05, 0.1) is 18.5 Å². The van der Waals surface area contributed by atoms with Crippen LogP contribution in [0.25, 0.3) is 0 Å². The van der Waals surface area contributed by atoms with E-state index in [2.05, 4.69) is 20.4 Å². The Bertz CT molecular complexity index is 548. The van der Waals surface area contributed by atoms with Gasteiger partial charge in [0.1, 0.15) is 11.6 Å². The second-order valence-electron chi connectivity index (χ2n) is 4.58. The number of guanidine groups is 1. The summed E-state index contributed by atoms with van der Waals surface area (Å²) in [6.45, 7) is -1.89. The van der Waals surface area contributed by atoms with Crippen molar-refractivity contribution in [3.63, 3.8) is 0 Å². The Morgan fingerprint density at radius 1 is 1.25 bits per heavy atom. The zero-order chi connectivity index (χ0) is 18.2. The summed E-state index contributed by atoms with van der Waals surface area (Å²) in [5.41, 5.74) is -0.217. The Morgan fingerprint density at radius 3 is 2.54 bits per heavy atom. The molecule has 4 nitrogen and oxygen atoms in total. The van der Waals surface area contributed by atoms with E-state index in [1.54, 1.807) is 6.92 Å². The third-order valence-electron chi connectivity index (χ3n) is 2.73. The van der Waals surface area contributed by atoms with E-state index in [1.807, 2.05) is 0 Å². The largest absolute Gasteiger partial charge is 0.434 e. The second kappa shape index (κ2) is 9.24. The molecule has 0 aliphatic rings. The van der Waals surface area contributed by atoms with E-state index in [1.165, 1.54) is 6.07 Å². The predicted molar refractivity (Wildman–Crippen MR) is 76.5 cm³/mol. The fourth-order valence-corrected chi connectivity index (χ4v) is 1.72. The lowest BCUT2D eigenvalue weighted by atomic mass is 10.2. The Morgan fingerprint density at radius 2 is 1.96 bits per heavy atom. The number of aliphatic imine (C=N–C) groups is 1. The lowest BCUT2D eigenvalue weighted by Crippen LogP contribution is -2.38. The van der Waals surface area contributed by atoms with Gasteiger partial charge in [-0.1, -0.05) is 6.07 Å². The molecule has 1 aromatic rings. The highest BCUT2D eigenvalue weighted by Crippen LogP contribution is 2.24. The summed E-state index contributed by atoms with van der Waals surface area (Å²) in [6, 6.07) is 3.41. The van der Waals surface area contributed by atoms with Crippen molar-refractivity contribution < 1.29 is 31.1 Å². The van der Waals surface area contributed by atoms with Gasteiger partial charge in [0.25, 0.3) is 0 Å². The third-order valence-corrected chi connectivity index (χ3v) is 2.73. The summed E-state index contributed by atoms with van der Waals surface area (Å²) in [5.74, 6) is -1.17. The summed E-state index contributed by atoms with van der Waals surface area (Å²) in [7, 11) is 0. The molecule has 0 saturated heterocycles. The molecule has 1 rings (SSSR count). The van der Waals surface area contributed by atoms with E-state index >= 15 is 0 Å². The average molecular weight is 357 g/mol. The molecule has 0 aliphatic heterocycles. The lowest BCUT2D eigenvalue weighted by molar-refractivity contribution is -0.132. The maximum Gasteiger partial charge on any atom is 0.390 e. The van der Waals surface area contributed by atoms with Gasteiger partial charge in [0.15, 0.2) is 5.96 Å². The van der Waals surface area contributed by atoms with E-state index in [9.17, 15) is 26.3 Å². The number of ether oxygens (including phenoxy) is 1. The first-order valence-electron chi connectivity index (χ1n) is 7.04. The molecule has 0 bridgehead atoms. The van der Waals surface area contributed by atoms with Gasteiger partial charge < -0.3 is 15.4 Å². The van der Waals surface area contributed by atoms with Gasteiger partial charge in [-0.25, -0.2) is 9.38 Å². The van der Waals surface area contributed by atoms with Crippen LogP contribution in [0.5, 0.6) is 5.75 Å². The van der Waals surface area contributed by atoms with Crippen LogP contribution in [0.2, 0.25) is 0 Å². The minimum Gasteiger partial charge on any atom is -0.434 e. The molecule has 0 unspecified atom stereocenters. The summed E-state index contributed by atoms with van der Waals surface area (Å²) in [5, 5.41) is 5.11. The highest BCUT2D eigenvalue weighted by Gasteiger charge is 2.26. The molecule has 2 N–H and O–H groups in total. The van der Waals surface area contributed by atoms with Crippen molar-refractivity contribution in [2.75, 3.05) is 13.1 Å². The molecular formula is C14H17F6N3O. The van der Waals surface area contributed by atoms with Gasteiger partial charge in [0, 0.05) is 13.1 Å². The van der Waals surface area contributed by atoms with Crippen molar-refractivity contribution in [1.29, 1.82) is 0 Å². The Labute approximate surface area is 134 Å². The number of hydrogen-bond donors (Lipinski definition) is 2. The summed E-state index contributed by atoms with van der Waals surface area (Å²) in [6.07, 6.45) is -5.40. The van der Waals surface area contributed by atoms with Crippen molar-refractivity contribution in [2.45, 2.75) is 32.7 Å². The second-order valence-corrected chi connectivity index (χ2v) is 4.58. The molecule has 10 heteroatoms. The van der Waals surface area contributed by atoms with Crippen molar-refractivity contribution in [3.05, 3.63) is 29.6 Å². The fraction of sp³-hybridized carbons (Fsp3) is 0.500. The number of alkyl halides is 5. The molecule has 0 heterocycles. The Balaban J connectivity index is 2.82. The van der Waals surface area contributed by atoms with Crippen LogP contribution in [0.1, 0.15) is 18.9 Å². The van der Waals surface area contributed by atoms with Crippen LogP contribution in [0.4, 0.5) is 26.3 Å². The van der Waals surface area contributed by atoms with Crippen LogP contribution < -0.4 is 15.4 Å². The van der Waals surface area contributed by atoms with Crippen LogP contribution in [0, 0.1) is 5.82 Å². The van der Waals surface area contributed by atoms with Crippen LogP contribution in [-0.2, 0) is 6.54 Å². The number of benzene rings is 1. The van der Waals surface area contributed by atoms with E-state index in [-0.39, 0.29) is 23.8 Å². The van der Waals surface area contributed by atoms with E-state index < -0.39 is 31.6 Å². The van der Waals surface area contributed by atoms with Gasteiger partial charge >= 0.3 is 12.8 Å². The zero-order valence-electron chi connectivity index (χ0n) is 12.8. The Hall–Kier alpha value is -2.13. The molecule has 0 fully saturated rings. The number of nitrogens with zero attached hydrogens (tertiary/aromatic N) is 1. The van der Waals surface area contributed by atoms with Crippen molar-refractivity contribution in [2.24, 2.45) is 4.99 Å². The quantitative estimate of drug-likeness (QED) is 0.446. The average Bonchev–Trinajstić information content (AvgIpc) is 2.44. The molecule has 0 saturated carbocycles. The fourth-order valence-electron chi connectivity index (χ4n) is 1.72. The minimum absolute atomic E-state index is 0.00741. The molecule has 0 radical (unpaired) electrons.